The van der Waals surface area contributed by atoms with Gasteiger partial charge < -0.3 is 9.67 Å². The number of carbonyl (C=O) groups is 1. The van der Waals surface area contributed by atoms with Crippen LogP contribution in [0.3, 0.4) is 0 Å². The lowest BCUT2D eigenvalue weighted by molar-refractivity contribution is -0.137. The first-order valence-electron chi connectivity index (χ1n) is 7.38. The van der Waals surface area contributed by atoms with Gasteiger partial charge in [-0.15, -0.1) is 0 Å². The van der Waals surface area contributed by atoms with Crippen molar-refractivity contribution in [3.8, 4) is 5.69 Å². The lowest BCUT2D eigenvalue weighted by Crippen LogP contribution is -2.24. The van der Waals surface area contributed by atoms with Crippen LogP contribution in [-0.4, -0.2) is 31.4 Å². The second-order valence-corrected chi connectivity index (χ2v) is 6.35. The summed E-state index contributed by atoms with van der Waals surface area (Å²) in [5.41, 5.74) is 3.08. The highest BCUT2D eigenvalue weighted by Gasteiger charge is 2.18. The number of aliphatic carboxylic acids is 1. The average Bonchev–Trinajstić information content (AvgIpc) is 2.84. The van der Waals surface area contributed by atoms with Crippen LogP contribution < -0.4 is 5.56 Å². The minimum atomic E-state index is -0.995. The van der Waals surface area contributed by atoms with E-state index in [9.17, 15) is 9.59 Å². The minimum Gasteiger partial charge on any atom is -0.480 e. The molecule has 0 spiro atoms. The van der Waals surface area contributed by atoms with E-state index >= 15 is 0 Å². The summed E-state index contributed by atoms with van der Waals surface area (Å²) in [6.07, 6.45) is 1.86. The minimum absolute atomic E-state index is 0.262. The van der Waals surface area contributed by atoms with Gasteiger partial charge in [-0.25, -0.2) is 4.98 Å². The summed E-state index contributed by atoms with van der Waals surface area (Å²) in [5.74, 6) is -0.995. The molecule has 2 heterocycles. The molecular formula is C17H17N3O3S. The van der Waals surface area contributed by atoms with Crippen molar-refractivity contribution < 1.29 is 9.90 Å². The predicted octanol–water partition coefficient (Wildman–Crippen LogP) is 2.61. The lowest BCUT2D eigenvalue weighted by Gasteiger charge is -2.12. The molecule has 0 amide bonds. The van der Waals surface area contributed by atoms with Gasteiger partial charge in [0.2, 0.25) is 0 Å². The molecule has 0 saturated carbocycles. The van der Waals surface area contributed by atoms with Crippen LogP contribution in [0.4, 0.5) is 0 Å². The van der Waals surface area contributed by atoms with Crippen LogP contribution in [0.2, 0.25) is 0 Å². The molecule has 0 aliphatic rings. The largest absolute Gasteiger partial charge is 0.480 e. The standard InChI is InChI=1S/C17H17N3O3S/c1-10-4-6-12(7-5-10)20-16(23)15-13(18-17(20)24-3)8-11(2)19(15)9-14(21)22/h4-8H,9H2,1-3H3,(H,21,22). The Balaban J connectivity index is 2.36. The summed E-state index contributed by atoms with van der Waals surface area (Å²) in [6.45, 7) is 3.49. The lowest BCUT2D eigenvalue weighted by atomic mass is 10.2. The number of hydrogen-bond acceptors (Lipinski definition) is 4. The highest BCUT2D eigenvalue weighted by Crippen LogP contribution is 2.22. The number of rotatable bonds is 4. The number of thioether (sulfide) groups is 1. The van der Waals surface area contributed by atoms with Crippen LogP contribution in [0.25, 0.3) is 16.7 Å². The number of benzene rings is 1. The Kier molecular flexibility index (Phi) is 4.19. The summed E-state index contributed by atoms with van der Waals surface area (Å²) in [4.78, 5) is 28.8. The van der Waals surface area contributed by atoms with E-state index in [4.69, 9.17) is 5.11 Å². The highest BCUT2D eigenvalue weighted by molar-refractivity contribution is 7.98. The molecule has 3 aromatic rings. The molecule has 2 aromatic heterocycles. The van der Waals surface area contributed by atoms with Crippen molar-refractivity contribution in [3.05, 3.63) is 51.9 Å². The van der Waals surface area contributed by atoms with Gasteiger partial charge in [0.15, 0.2) is 5.16 Å². The Labute approximate surface area is 142 Å². The maximum absolute atomic E-state index is 13.1. The molecule has 0 aliphatic carbocycles. The van der Waals surface area contributed by atoms with Crippen LogP contribution in [0.1, 0.15) is 11.3 Å². The summed E-state index contributed by atoms with van der Waals surface area (Å²) in [6, 6.07) is 9.33. The fourth-order valence-corrected chi connectivity index (χ4v) is 3.27. The zero-order valence-corrected chi connectivity index (χ0v) is 14.4. The van der Waals surface area contributed by atoms with Gasteiger partial charge in [0.05, 0.1) is 11.2 Å². The Morgan fingerprint density at radius 2 is 1.92 bits per heavy atom. The smallest absolute Gasteiger partial charge is 0.323 e. The van der Waals surface area contributed by atoms with Crippen molar-refractivity contribution in [1.29, 1.82) is 0 Å². The summed E-state index contributed by atoms with van der Waals surface area (Å²) in [5, 5.41) is 9.70. The van der Waals surface area contributed by atoms with Crippen LogP contribution in [0, 0.1) is 13.8 Å². The molecule has 0 fully saturated rings. The van der Waals surface area contributed by atoms with E-state index < -0.39 is 5.97 Å². The zero-order valence-electron chi connectivity index (χ0n) is 13.6. The Morgan fingerprint density at radius 3 is 2.50 bits per heavy atom. The molecule has 0 radical (unpaired) electrons. The molecule has 124 valence electrons. The first-order chi connectivity index (χ1) is 11.4. The van der Waals surface area contributed by atoms with E-state index in [2.05, 4.69) is 4.98 Å². The Morgan fingerprint density at radius 1 is 1.25 bits per heavy atom. The quantitative estimate of drug-likeness (QED) is 0.582. The second kappa shape index (κ2) is 6.16. The van der Waals surface area contributed by atoms with Crippen LogP contribution >= 0.6 is 11.8 Å². The van der Waals surface area contributed by atoms with Gasteiger partial charge in [-0.05, 0) is 38.3 Å². The van der Waals surface area contributed by atoms with Gasteiger partial charge in [-0.2, -0.15) is 0 Å². The third-order valence-electron chi connectivity index (χ3n) is 3.87. The maximum Gasteiger partial charge on any atom is 0.323 e. The predicted molar refractivity (Wildman–Crippen MR) is 94.2 cm³/mol. The molecule has 7 heteroatoms. The van der Waals surface area contributed by atoms with Crippen molar-refractivity contribution >= 4 is 28.8 Å². The molecule has 0 atom stereocenters. The number of aromatic nitrogens is 3. The Bertz CT molecular complexity index is 987. The van der Waals surface area contributed by atoms with Crippen molar-refractivity contribution in [1.82, 2.24) is 14.1 Å². The van der Waals surface area contributed by atoms with Gasteiger partial charge in [0, 0.05) is 5.69 Å². The molecular weight excluding hydrogens is 326 g/mol. The van der Waals surface area contributed by atoms with Crippen molar-refractivity contribution in [2.24, 2.45) is 0 Å². The zero-order chi connectivity index (χ0) is 17.4. The van der Waals surface area contributed by atoms with E-state index in [1.165, 1.54) is 20.9 Å². The molecule has 0 bridgehead atoms. The fourth-order valence-electron chi connectivity index (χ4n) is 2.71. The molecule has 3 rings (SSSR count). The highest BCUT2D eigenvalue weighted by atomic mass is 32.2. The van der Waals surface area contributed by atoms with E-state index in [-0.39, 0.29) is 12.1 Å². The maximum atomic E-state index is 13.1. The van der Waals surface area contributed by atoms with Crippen LogP contribution in [-0.2, 0) is 11.3 Å². The van der Waals surface area contributed by atoms with E-state index in [1.807, 2.05) is 37.4 Å². The third kappa shape index (κ3) is 2.71. The molecule has 6 nitrogen and oxygen atoms in total. The van der Waals surface area contributed by atoms with E-state index in [0.717, 1.165) is 5.56 Å². The van der Waals surface area contributed by atoms with Crippen molar-refractivity contribution in [2.45, 2.75) is 25.5 Å². The molecule has 1 N–H and O–H groups in total. The topological polar surface area (TPSA) is 77.1 Å². The molecule has 0 aliphatic heterocycles. The van der Waals surface area contributed by atoms with Gasteiger partial charge in [0.25, 0.3) is 5.56 Å². The average molecular weight is 343 g/mol. The first-order valence-corrected chi connectivity index (χ1v) is 8.60. The molecule has 24 heavy (non-hydrogen) atoms. The van der Waals surface area contributed by atoms with E-state index in [1.54, 1.807) is 13.0 Å². The molecule has 0 saturated heterocycles. The summed E-state index contributed by atoms with van der Waals surface area (Å²) < 4.78 is 3.03. The molecule has 1 aromatic carbocycles. The van der Waals surface area contributed by atoms with Gasteiger partial charge in [0.1, 0.15) is 12.1 Å². The second-order valence-electron chi connectivity index (χ2n) is 5.57. The summed E-state index contributed by atoms with van der Waals surface area (Å²) >= 11 is 1.38. The third-order valence-corrected chi connectivity index (χ3v) is 4.50. The fraction of sp³-hybridized carbons (Fsp3) is 0.235. The van der Waals surface area contributed by atoms with Gasteiger partial charge in [-0.3, -0.25) is 14.2 Å². The number of carboxylic acids is 1. The normalized spacial score (nSPS) is 11.1. The number of carboxylic acid groups (broad SMARTS) is 1. The van der Waals surface area contributed by atoms with Gasteiger partial charge >= 0.3 is 5.97 Å². The number of nitrogens with zero attached hydrogens (tertiary/aromatic N) is 3. The van der Waals surface area contributed by atoms with Gasteiger partial charge in [-0.1, -0.05) is 29.5 Å². The van der Waals surface area contributed by atoms with Crippen molar-refractivity contribution in [2.75, 3.05) is 6.26 Å². The number of aryl methyl sites for hydroxylation is 2. The summed E-state index contributed by atoms with van der Waals surface area (Å²) in [7, 11) is 0. The molecule has 0 unspecified atom stereocenters. The first kappa shape index (κ1) is 16.3. The monoisotopic (exact) mass is 343 g/mol. The Hall–Kier alpha value is -2.54. The van der Waals surface area contributed by atoms with Crippen molar-refractivity contribution in [3.63, 3.8) is 0 Å². The van der Waals surface area contributed by atoms with E-state index in [0.29, 0.717) is 27.6 Å². The van der Waals surface area contributed by atoms with Crippen LogP contribution in [0.15, 0.2) is 40.3 Å². The number of hydrogen-bond donors (Lipinski definition) is 1. The number of fused-ring (bicyclic) bond motifs is 1. The van der Waals surface area contributed by atoms with Crippen LogP contribution in [0.5, 0.6) is 0 Å². The SMILES string of the molecule is CSc1nc2cc(C)n(CC(=O)O)c2c(=O)n1-c1ccc(C)cc1.